The number of ether oxygens (including phenoxy) is 1. The number of hydrogen-bond acceptors (Lipinski definition) is 4. The average Bonchev–Trinajstić information content (AvgIpc) is 2.65. The molecule has 2 heterocycles. The highest BCUT2D eigenvalue weighted by Gasteiger charge is 2.38. The van der Waals surface area contributed by atoms with Gasteiger partial charge < -0.3 is 15.4 Å². The van der Waals surface area contributed by atoms with Gasteiger partial charge in [-0.2, -0.15) is 5.10 Å². The number of likely N-dealkylation sites (tertiary alicyclic amines) is 1. The molecule has 1 amide bonds. The molecule has 1 aliphatic heterocycles. The Morgan fingerprint density at radius 1 is 1.53 bits per heavy atom. The maximum atomic E-state index is 12.1. The summed E-state index contributed by atoms with van der Waals surface area (Å²) in [5.41, 5.74) is 8.06. The van der Waals surface area contributed by atoms with Gasteiger partial charge in [-0.15, -0.1) is 0 Å². The first-order valence-corrected chi connectivity index (χ1v) is 6.63. The van der Waals surface area contributed by atoms with E-state index in [2.05, 4.69) is 5.10 Å². The first-order valence-electron chi connectivity index (χ1n) is 6.63. The van der Waals surface area contributed by atoms with Gasteiger partial charge in [-0.1, -0.05) is 0 Å². The second kappa shape index (κ2) is 5.21. The number of piperidine rings is 1. The second-order valence-electron chi connectivity index (χ2n) is 4.96. The number of aromatic nitrogens is 2. The second-order valence-corrected chi connectivity index (χ2v) is 4.96. The van der Waals surface area contributed by atoms with E-state index in [-0.39, 0.29) is 18.0 Å². The summed E-state index contributed by atoms with van der Waals surface area (Å²) in [6, 6.07) is -0.218. The largest absolute Gasteiger partial charge is 0.481 e. The number of amides is 1. The van der Waals surface area contributed by atoms with Crippen molar-refractivity contribution >= 4 is 5.91 Å². The van der Waals surface area contributed by atoms with Crippen LogP contribution in [0, 0.1) is 6.92 Å². The van der Waals surface area contributed by atoms with E-state index in [1.807, 2.05) is 25.8 Å². The zero-order valence-electron chi connectivity index (χ0n) is 12.0. The minimum absolute atomic E-state index is 0.0746. The zero-order valence-corrected chi connectivity index (χ0v) is 12.0. The molecule has 2 atom stereocenters. The van der Waals surface area contributed by atoms with Crippen molar-refractivity contribution in [1.82, 2.24) is 14.7 Å². The van der Waals surface area contributed by atoms with Gasteiger partial charge in [0.15, 0.2) is 0 Å². The van der Waals surface area contributed by atoms with Crippen LogP contribution in [0.3, 0.4) is 0 Å². The lowest BCUT2D eigenvalue weighted by molar-refractivity contribution is -0.137. The lowest BCUT2D eigenvalue weighted by Gasteiger charge is -2.39. The van der Waals surface area contributed by atoms with Crippen molar-refractivity contribution in [2.45, 2.75) is 38.8 Å². The summed E-state index contributed by atoms with van der Waals surface area (Å²) >= 11 is 0. The van der Waals surface area contributed by atoms with Crippen molar-refractivity contribution in [2.75, 3.05) is 13.7 Å². The monoisotopic (exact) mass is 266 g/mol. The summed E-state index contributed by atoms with van der Waals surface area (Å²) in [4.78, 5) is 13.9. The van der Waals surface area contributed by atoms with E-state index < -0.39 is 0 Å². The van der Waals surface area contributed by atoms with Gasteiger partial charge >= 0.3 is 0 Å². The topological polar surface area (TPSA) is 73.4 Å². The molecule has 106 valence electrons. The summed E-state index contributed by atoms with van der Waals surface area (Å²) < 4.78 is 7.13. The molecule has 2 rings (SSSR count). The molecule has 0 saturated carbocycles. The Kier molecular flexibility index (Phi) is 3.80. The first-order chi connectivity index (χ1) is 9.01. The highest BCUT2D eigenvalue weighted by Crippen LogP contribution is 2.37. The van der Waals surface area contributed by atoms with E-state index in [1.165, 1.54) is 0 Å². The van der Waals surface area contributed by atoms with E-state index in [1.54, 1.807) is 11.8 Å². The Morgan fingerprint density at radius 3 is 2.79 bits per heavy atom. The van der Waals surface area contributed by atoms with Crippen LogP contribution in [0.1, 0.15) is 37.1 Å². The number of aryl methyl sites for hydroxylation is 2. The normalized spacial score (nSPS) is 23.8. The highest BCUT2D eigenvalue weighted by atomic mass is 16.5. The van der Waals surface area contributed by atoms with Crippen molar-refractivity contribution in [3.8, 4) is 5.88 Å². The molecule has 1 aromatic rings. The van der Waals surface area contributed by atoms with Crippen molar-refractivity contribution in [3.63, 3.8) is 0 Å². The number of carbonyl (C=O) groups is 1. The first kappa shape index (κ1) is 13.9. The van der Waals surface area contributed by atoms with Gasteiger partial charge in [0.2, 0.25) is 11.8 Å². The van der Waals surface area contributed by atoms with E-state index in [0.717, 1.165) is 11.3 Å². The summed E-state index contributed by atoms with van der Waals surface area (Å²) in [6.45, 7) is 4.55. The maximum absolute atomic E-state index is 12.1. The van der Waals surface area contributed by atoms with E-state index in [4.69, 9.17) is 10.5 Å². The summed E-state index contributed by atoms with van der Waals surface area (Å²) in [5.74, 6) is 0.839. The minimum atomic E-state index is -0.144. The summed E-state index contributed by atoms with van der Waals surface area (Å²) in [7, 11) is 3.45. The van der Waals surface area contributed by atoms with Crippen LogP contribution < -0.4 is 10.5 Å². The minimum Gasteiger partial charge on any atom is -0.481 e. The number of nitrogens with two attached hydrogens (primary N) is 1. The molecule has 0 aromatic carbocycles. The Labute approximate surface area is 113 Å². The van der Waals surface area contributed by atoms with Crippen LogP contribution in [0.25, 0.3) is 0 Å². The molecule has 2 N–H and O–H groups in total. The smallest absolute Gasteiger partial charge is 0.223 e. The number of hydrogen-bond donors (Lipinski definition) is 1. The Balaban J connectivity index is 2.50. The zero-order chi connectivity index (χ0) is 14.2. The highest BCUT2D eigenvalue weighted by molar-refractivity contribution is 5.78. The molecule has 6 heteroatoms. The number of nitrogens with zero attached hydrogens (tertiary/aromatic N) is 3. The van der Waals surface area contributed by atoms with Gasteiger partial charge in [0, 0.05) is 26.1 Å². The van der Waals surface area contributed by atoms with Crippen LogP contribution in [0.5, 0.6) is 5.88 Å². The van der Waals surface area contributed by atoms with Gasteiger partial charge in [0.05, 0.1) is 24.4 Å². The van der Waals surface area contributed by atoms with E-state index in [0.29, 0.717) is 25.3 Å². The Morgan fingerprint density at radius 2 is 2.21 bits per heavy atom. The third-order valence-corrected chi connectivity index (χ3v) is 3.80. The van der Waals surface area contributed by atoms with Crippen LogP contribution in [0.15, 0.2) is 0 Å². The number of likely N-dealkylation sites (N-methyl/N-ethyl adjacent to an activating group) is 1. The lowest BCUT2D eigenvalue weighted by Crippen LogP contribution is -2.48. The van der Waals surface area contributed by atoms with Crippen LogP contribution >= 0.6 is 0 Å². The van der Waals surface area contributed by atoms with Gasteiger partial charge in [-0.05, 0) is 20.3 Å². The molecule has 2 unspecified atom stereocenters. The van der Waals surface area contributed by atoms with Gasteiger partial charge in [0.1, 0.15) is 0 Å². The fourth-order valence-electron chi connectivity index (χ4n) is 2.96. The third kappa shape index (κ3) is 2.20. The van der Waals surface area contributed by atoms with E-state index in [9.17, 15) is 4.79 Å². The lowest BCUT2D eigenvalue weighted by atomic mass is 9.90. The summed E-state index contributed by atoms with van der Waals surface area (Å²) in [6.07, 6.45) is 1.23. The molecule has 0 bridgehead atoms. The molecule has 0 radical (unpaired) electrons. The number of methoxy groups -OCH3 is 1. The fraction of sp³-hybridized carbons (Fsp3) is 0.692. The van der Waals surface area contributed by atoms with Crippen LogP contribution in [0.4, 0.5) is 0 Å². The van der Waals surface area contributed by atoms with Crippen molar-refractivity contribution in [3.05, 3.63) is 11.3 Å². The van der Waals surface area contributed by atoms with Crippen LogP contribution in [0.2, 0.25) is 0 Å². The Hall–Kier alpha value is -1.56. The van der Waals surface area contributed by atoms with Crippen LogP contribution in [-0.4, -0.2) is 40.3 Å². The van der Waals surface area contributed by atoms with Gasteiger partial charge in [0.25, 0.3) is 0 Å². The molecule has 6 nitrogen and oxygen atoms in total. The summed E-state index contributed by atoms with van der Waals surface area (Å²) in [5, 5.41) is 4.38. The number of carbonyl (C=O) groups excluding carboxylic acids is 1. The van der Waals surface area contributed by atoms with Gasteiger partial charge in [-0.25, -0.2) is 4.68 Å². The molecular formula is C13H22N4O2. The SMILES string of the molecule is CCN1C(=O)CCC(N)C1c1c(C)nn(C)c1OC. The van der Waals surface area contributed by atoms with E-state index >= 15 is 0 Å². The van der Waals surface area contributed by atoms with Crippen molar-refractivity contribution in [1.29, 1.82) is 0 Å². The molecular weight excluding hydrogens is 244 g/mol. The van der Waals surface area contributed by atoms with Crippen LogP contribution in [-0.2, 0) is 11.8 Å². The molecule has 0 aliphatic carbocycles. The number of rotatable bonds is 3. The maximum Gasteiger partial charge on any atom is 0.223 e. The Bertz CT molecular complexity index is 483. The third-order valence-electron chi connectivity index (χ3n) is 3.80. The van der Waals surface area contributed by atoms with Gasteiger partial charge in [-0.3, -0.25) is 4.79 Å². The standard InChI is InChI=1S/C13H22N4O2/c1-5-17-10(18)7-6-9(14)12(17)11-8(2)15-16(3)13(11)19-4/h9,12H,5-7,14H2,1-4H3. The predicted octanol–water partition coefficient (Wildman–Crippen LogP) is 0.748. The molecule has 0 spiro atoms. The average molecular weight is 266 g/mol. The molecule has 1 aliphatic rings. The molecule has 1 saturated heterocycles. The molecule has 19 heavy (non-hydrogen) atoms. The van der Waals surface area contributed by atoms with Crippen molar-refractivity contribution < 1.29 is 9.53 Å². The van der Waals surface area contributed by atoms with Crippen molar-refractivity contribution in [2.24, 2.45) is 12.8 Å². The molecule has 1 aromatic heterocycles. The fourth-order valence-corrected chi connectivity index (χ4v) is 2.96. The quantitative estimate of drug-likeness (QED) is 0.876. The molecule has 1 fully saturated rings. The predicted molar refractivity (Wildman–Crippen MR) is 71.8 cm³/mol.